The van der Waals surface area contributed by atoms with Crippen LogP contribution in [-0.4, -0.2) is 24.8 Å². The van der Waals surface area contributed by atoms with Gasteiger partial charge in [0.05, 0.1) is 11.5 Å². The number of allylic oxidation sites excluding steroid dienone is 1. The summed E-state index contributed by atoms with van der Waals surface area (Å²) < 4.78 is 5.04. The van der Waals surface area contributed by atoms with Crippen molar-refractivity contribution >= 4 is 11.6 Å². The number of ether oxygens (including phenoxy) is 1. The molecule has 1 fully saturated rings. The molecule has 0 amide bonds. The van der Waals surface area contributed by atoms with E-state index in [2.05, 4.69) is 0 Å². The van der Waals surface area contributed by atoms with E-state index in [4.69, 9.17) is 4.74 Å². The van der Waals surface area contributed by atoms with Gasteiger partial charge in [-0.1, -0.05) is 12.2 Å². The van der Waals surface area contributed by atoms with Crippen molar-refractivity contribution in [2.24, 2.45) is 5.41 Å². The molecule has 0 radical (unpaired) electrons. The maximum Gasteiger partial charge on any atom is 0.146 e. The highest BCUT2D eigenvalue weighted by atomic mass is 16.5. The average Bonchev–Trinajstić information content (AvgIpc) is 2.46. The van der Waals surface area contributed by atoms with Crippen molar-refractivity contribution < 1.29 is 14.3 Å². The van der Waals surface area contributed by atoms with Crippen LogP contribution in [0.5, 0.6) is 0 Å². The molecule has 0 spiro atoms. The second-order valence-electron chi connectivity index (χ2n) is 4.25. The molecule has 0 aromatic carbocycles. The van der Waals surface area contributed by atoms with Gasteiger partial charge in [-0.3, -0.25) is 9.59 Å². The fourth-order valence-electron chi connectivity index (χ4n) is 1.74. The van der Waals surface area contributed by atoms with Crippen LogP contribution in [0.25, 0.3) is 0 Å². The first-order chi connectivity index (χ1) is 7.00. The zero-order chi connectivity index (χ0) is 11.5. The van der Waals surface area contributed by atoms with Gasteiger partial charge in [0, 0.05) is 20.0 Å². The highest BCUT2D eigenvalue weighted by Gasteiger charge is 2.43. The topological polar surface area (TPSA) is 43.4 Å². The Kier molecular flexibility index (Phi) is 3.80. The maximum atomic E-state index is 11.6. The molecule has 0 saturated heterocycles. The number of carbonyl (C=O) groups is 2. The molecule has 84 valence electrons. The highest BCUT2D eigenvalue weighted by Crippen LogP contribution is 2.34. The zero-order valence-corrected chi connectivity index (χ0v) is 9.58. The van der Waals surface area contributed by atoms with Gasteiger partial charge in [-0.05, 0) is 20.3 Å². The van der Waals surface area contributed by atoms with E-state index in [1.54, 1.807) is 14.0 Å². The largest absolute Gasteiger partial charge is 0.378 e. The van der Waals surface area contributed by atoms with Crippen LogP contribution in [0.4, 0.5) is 0 Å². The maximum absolute atomic E-state index is 11.6. The van der Waals surface area contributed by atoms with E-state index in [0.717, 1.165) is 0 Å². The van der Waals surface area contributed by atoms with Gasteiger partial charge in [-0.25, -0.2) is 0 Å². The summed E-state index contributed by atoms with van der Waals surface area (Å²) in [5.41, 5.74) is -0.774. The van der Waals surface area contributed by atoms with E-state index in [1.807, 2.05) is 19.1 Å². The predicted molar refractivity (Wildman–Crippen MR) is 57.6 cm³/mol. The quantitative estimate of drug-likeness (QED) is 0.526. The lowest BCUT2D eigenvalue weighted by molar-refractivity contribution is -0.133. The Balaban J connectivity index is 2.60. The number of carbonyl (C=O) groups excluding carboxylic acids is 2. The Morgan fingerprint density at radius 1 is 1.40 bits per heavy atom. The van der Waals surface area contributed by atoms with Crippen LogP contribution in [0, 0.1) is 5.41 Å². The van der Waals surface area contributed by atoms with Crippen LogP contribution < -0.4 is 0 Å². The van der Waals surface area contributed by atoms with Crippen molar-refractivity contribution in [3.05, 3.63) is 12.2 Å². The number of ketones is 2. The lowest BCUT2D eigenvalue weighted by Crippen LogP contribution is -2.28. The van der Waals surface area contributed by atoms with Crippen LogP contribution in [0.3, 0.4) is 0 Å². The first-order valence-corrected chi connectivity index (χ1v) is 5.27. The van der Waals surface area contributed by atoms with Gasteiger partial charge in [-0.2, -0.15) is 0 Å². The molecule has 0 aliphatic heterocycles. The zero-order valence-electron chi connectivity index (χ0n) is 9.58. The standard InChI is InChI=1S/C12H18O3/c1-9(15-3)5-4-8-12(2)10(13)6-7-11(12)14/h4-5,9H,6-8H2,1-3H3/b5-4+. The summed E-state index contributed by atoms with van der Waals surface area (Å²) in [6.07, 6.45) is 5.09. The number of Topliss-reactive ketones (excluding diaryl/α,β-unsaturated/α-hetero) is 2. The third-order valence-corrected chi connectivity index (χ3v) is 3.11. The fraction of sp³-hybridized carbons (Fsp3) is 0.667. The van der Waals surface area contributed by atoms with Crippen molar-refractivity contribution in [1.29, 1.82) is 0 Å². The Morgan fingerprint density at radius 3 is 2.40 bits per heavy atom. The number of hydrogen-bond donors (Lipinski definition) is 0. The van der Waals surface area contributed by atoms with Gasteiger partial charge in [0.25, 0.3) is 0 Å². The first kappa shape index (κ1) is 12.1. The van der Waals surface area contributed by atoms with Crippen LogP contribution in [0.15, 0.2) is 12.2 Å². The molecule has 1 unspecified atom stereocenters. The minimum atomic E-state index is -0.774. The molecule has 1 aliphatic carbocycles. The molecule has 0 aromatic rings. The molecule has 0 heterocycles. The van der Waals surface area contributed by atoms with Crippen molar-refractivity contribution in [3.63, 3.8) is 0 Å². The van der Waals surface area contributed by atoms with Gasteiger partial charge in [0.2, 0.25) is 0 Å². The molecular formula is C12H18O3. The van der Waals surface area contributed by atoms with Crippen molar-refractivity contribution in [1.82, 2.24) is 0 Å². The van der Waals surface area contributed by atoms with Crippen molar-refractivity contribution in [3.8, 4) is 0 Å². The van der Waals surface area contributed by atoms with E-state index < -0.39 is 5.41 Å². The first-order valence-electron chi connectivity index (χ1n) is 5.27. The molecule has 0 N–H and O–H groups in total. The van der Waals surface area contributed by atoms with Crippen molar-refractivity contribution in [2.45, 2.75) is 39.2 Å². The highest BCUT2D eigenvalue weighted by molar-refractivity contribution is 6.12. The summed E-state index contributed by atoms with van der Waals surface area (Å²) in [4.78, 5) is 23.1. The summed E-state index contributed by atoms with van der Waals surface area (Å²) in [5, 5.41) is 0. The molecule has 0 aromatic heterocycles. The summed E-state index contributed by atoms with van der Waals surface area (Å²) in [5.74, 6) is 0.143. The van der Waals surface area contributed by atoms with Crippen LogP contribution in [0.2, 0.25) is 0 Å². The van der Waals surface area contributed by atoms with Gasteiger partial charge in [0.15, 0.2) is 0 Å². The van der Waals surface area contributed by atoms with Crippen LogP contribution in [-0.2, 0) is 14.3 Å². The summed E-state index contributed by atoms with van der Waals surface area (Å²) in [7, 11) is 1.63. The lowest BCUT2D eigenvalue weighted by Gasteiger charge is -2.17. The molecule has 1 saturated carbocycles. The molecular weight excluding hydrogens is 192 g/mol. The van der Waals surface area contributed by atoms with Gasteiger partial charge < -0.3 is 4.74 Å². The van der Waals surface area contributed by atoms with Crippen LogP contribution >= 0.6 is 0 Å². The van der Waals surface area contributed by atoms with E-state index >= 15 is 0 Å². The molecule has 3 nitrogen and oxygen atoms in total. The fourth-order valence-corrected chi connectivity index (χ4v) is 1.74. The summed E-state index contributed by atoms with van der Waals surface area (Å²) >= 11 is 0. The molecule has 1 rings (SSSR count). The number of hydrogen-bond acceptors (Lipinski definition) is 3. The second-order valence-corrected chi connectivity index (χ2v) is 4.25. The second kappa shape index (κ2) is 4.71. The summed E-state index contributed by atoms with van der Waals surface area (Å²) in [6, 6.07) is 0. The van der Waals surface area contributed by atoms with E-state index in [9.17, 15) is 9.59 Å². The number of rotatable bonds is 4. The van der Waals surface area contributed by atoms with Gasteiger partial charge in [-0.15, -0.1) is 0 Å². The van der Waals surface area contributed by atoms with Crippen LogP contribution in [0.1, 0.15) is 33.1 Å². The molecule has 1 atom stereocenters. The third kappa shape index (κ3) is 2.53. The predicted octanol–water partition coefficient (Wildman–Crippen LogP) is 1.91. The normalized spacial score (nSPS) is 22.6. The molecule has 1 aliphatic rings. The van der Waals surface area contributed by atoms with E-state index in [0.29, 0.717) is 19.3 Å². The smallest absolute Gasteiger partial charge is 0.146 e. The Labute approximate surface area is 90.5 Å². The van der Waals surface area contributed by atoms with Gasteiger partial charge >= 0.3 is 0 Å². The minimum absolute atomic E-state index is 0.0280. The monoisotopic (exact) mass is 210 g/mol. The third-order valence-electron chi connectivity index (χ3n) is 3.11. The SMILES string of the molecule is COC(C)/C=C/CC1(C)C(=O)CCC1=O. The minimum Gasteiger partial charge on any atom is -0.378 e. The molecule has 0 bridgehead atoms. The Morgan fingerprint density at radius 2 is 1.93 bits per heavy atom. The number of methoxy groups -OCH3 is 1. The van der Waals surface area contributed by atoms with E-state index in [1.165, 1.54) is 0 Å². The molecule has 3 heteroatoms. The average molecular weight is 210 g/mol. The Bertz CT molecular complexity index is 275. The van der Waals surface area contributed by atoms with Gasteiger partial charge in [0.1, 0.15) is 11.6 Å². The lowest BCUT2D eigenvalue weighted by atomic mass is 9.83. The van der Waals surface area contributed by atoms with E-state index in [-0.39, 0.29) is 17.7 Å². The Hall–Kier alpha value is -0.960. The molecule has 15 heavy (non-hydrogen) atoms. The summed E-state index contributed by atoms with van der Waals surface area (Å²) in [6.45, 7) is 3.66. The van der Waals surface area contributed by atoms with Crippen molar-refractivity contribution in [2.75, 3.05) is 7.11 Å².